The van der Waals surface area contributed by atoms with Crippen LogP contribution >= 0.6 is 0 Å². The number of carboxylic acids is 1. The Morgan fingerprint density at radius 3 is 2.47 bits per heavy atom. The molecule has 1 rings (SSSR count). The maximum atomic E-state index is 10.8. The lowest BCUT2D eigenvalue weighted by molar-refractivity contribution is 0.0276. The van der Waals surface area contributed by atoms with Gasteiger partial charge in [0.2, 0.25) is 0 Å². The first-order valence-electron chi connectivity index (χ1n) is 5.10. The number of hydrogen-bond acceptors (Lipinski definition) is 4. The predicted molar refractivity (Wildman–Crippen MR) is 61.7 cm³/mol. The number of hydrogen-bond donors (Lipinski definition) is 2. The molecule has 0 aromatic heterocycles. The number of aliphatic hydroxyl groups is 1. The van der Waals surface area contributed by atoms with Crippen molar-refractivity contribution in [3.63, 3.8) is 0 Å². The molecule has 0 aliphatic rings. The van der Waals surface area contributed by atoms with Crippen molar-refractivity contribution in [3.8, 4) is 11.5 Å². The fraction of sp³-hybridized carbons (Fsp3) is 0.417. The Hall–Kier alpha value is -1.75. The molecule has 1 aromatic carbocycles. The molecule has 5 nitrogen and oxygen atoms in total. The smallest absolute Gasteiger partial charge is 0.335 e. The largest absolute Gasteiger partial charge is 0.493 e. The van der Waals surface area contributed by atoms with Crippen molar-refractivity contribution < 1.29 is 24.5 Å². The van der Waals surface area contributed by atoms with Gasteiger partial charge in [0.15, 0.2) is 11.5 Å². The monoisotopic (exact) mass is 240 g/mol. The van der Waals surface area contributed by atoms with E-state index in [1.165, 1.54) is 25.3 Å². The van der Waals surface area contributed by atoms with E-state index in [9.17, 15) is 9.90 Å². The Balaban J connectivity index is 2.89. The van der Waals surface area contributed by atoms with Gasteiger partial charge >= 0.3 is 5.97 Å². The number of carbonyl (C=O) groups is 1. The SMILES string of the molecule is COc1cc(C(=O)O)ccc1OCC(C)(C)O. The van der Waals surface area contributed by atoms with Crippen LogP contribution in [0, 0.1) is 0 Å². The Morgan fingerprint density at radius 1 is 1.35 bits per heavy atom. The van der Waals surface area contributed by atoms with Crippen LogP contribution in [0.15, 0.2) is 18.2 Å². The summed E-state index contributed by atoms with van der Waals surface area (Å²) in [5.74, 6) is -0.300. The summed E-state index contributed by atoms with van der Waals surface area (Å²) in [6.07, 6.45) is 0. The molecular weight excluding hydrogens is 224 g/mol. The lowest BCUT2D eigenvalue weighted by Crippen LogP contribution is -2.28. The first-order valence-corrected chi connectivity index (χ1v) is 5.10. The standard InChI is InChI=1S/C12H16O5/c1-12(2,15)7-17-9-5-4-8(11(13)14)6-10(9)16-3/h4-6,15H,7H2,1-3H3,(H,13,14). The van der Waals surface area contributed by atoms with Crippen molar-refractivity contribution in [2.24, 2.45) is 0 Å². The minimum absolute atomic E-state index is 0.0930. The van der Waals surface area contributed by atoms with Gasteiger partial charge in [0.1, 0.15) is 6.61 Å². The molecule has 0 aliphatic carbocycles. The predicted octanol–water partition coefficient (Wildman–Crippen LogP) is 1.54. The van der Waals surface area contributed by atoms with E-state index in [2.05, 4.69) is 0 Å². The molecule has 0 radical (unpaired) electrons. The Labute approximate surface area is 99.6 Å². The zero-order valence-corrected chi connectivity index (χ0v) is 10.1. The van der Waals surface area contributed by atoms with E-state index in [-0.39, 0.29) is 12.2 Å². The molecule has 5 heteroatoms. The summed E-state index contributed by atoms with van der Waals surface area (Å²) in [6.45, 7) is 3.33. The van der Waals surface area contributed by atoms with Gasteiger partial charge in [-0.15, -0.1) is 0 Å². The summed E-state index contributed by atoms with van der Waals surface area (Å²) in [6, 6.07) is 4.31. The molecule has 0 unspecified atom stereocenters. The summed E-state index contributed by atoms with van der Waals surface area (Å²) in [7, 11) is 1.43. The highest BCUT2D eigenvalue weighted by molar-refractivity contribution is 5.88. The third-order valence-corrected chi connectivity index (χ3v) is 1.99. The average molecular weight is 240 g/mol. The minimum atomic E-state index is -1.03. The van der Waals surface area contributed by atoms with Gasteiger partial charge in [-0.2, -0.15) is 0 Å². The van der Waals surface area contributed by atoms with Gasteiger partial charge in [-0.25, -0.2) is 4.79 Å². The van der Waals surface area contributed by atoms with Crippen molar-refractivity contribution in [3.05, 3.63) is 23.8 Å². The van der Waals surface area contributed by atoms with Crippen LogP contribution < -0.4 is 9.47 Å². The van der Waals surface area contributed by atoms with Crippen molar-refractivity contribution in [1.29, 1.82) is 0 Å². The maximum absolute atomic E-state index is 10.8. The number of methoxy groups -OCH3 is 1. The van der Waals surface area contributed by atoms with Crippen molar-refractivity contribution >= 4 is 5.97 Å². The van der Waals surface area contributed by atoms with E-state index in [4.69, 9.17) is 14.6 Å². The van der Waals surface area contributed by atoms with Gasteiger partial charge in [-0.3, -0.25) is 0 Å². The molecule has 17 heavy (non-hydrogen) atoms. The highest BCUT2D eigenvalue weighted by Gasteiger charge is 2.16. The van der Waals surface area contributed by atoms with Crippen LogP contribution in [0.4, 0.5) is 0 Å². The number of aromatic carboxylic acids is 1. The second-order valence-corrected chi connectivity index (χ2v) is 4.27. The third kappa shape index (κ3) is 3.96. The highest BCUT2D eigenvalue weighted by atomic mass is 16.5. The zero-order valence-electron chi connectivity index (χ0n) is 10.1. The van der Waals surface area contributed by atoms with Gasteiger partial charge in [-0.1, -0.05) is 0 Å². The van der Waals surface area contributed by atoms with Crippen LogP contribution in [0.25, 0.3) is 0 Å². The number of benzene rings is 1. The van der Waals surface area contributed by atoms with E-state index in [0.29, 0.717) is 11.5 Å². The normalized spacial score (nSPS) is 11.1. The number of ether oxygens (including phenoxy) is 2. The van der Waals surface area contributed by atoms with Crippen molar-refractivity contribution in [2.75, 3.05) is 13.7 Å². The molecule has 0 bridgehead atoms. The van der Waals surface area contributed by atoms with E-state index < -0.39 is 11.6 Å². The van der Waals surface area contributed by atoms with Crippen LogP contribution in [-0.2, 0) is 0 Å². The molecule has 0 fully saturated rings. The summed E-state index contributed by atoms with van der Waals surface area (Å²) in [4.78, 5) is 10.8. The Kier molecular flexibility index (Phi) is 3.96. The van der Waals surface area contributed by atoms with E-state index in [1.54, 1.807) is 13.8 Å². The molecule has 1 aromatic rings. The summed E-state index contributed by atoms with van der Waals surface area (Å²) in [5, 5.41) is 18.3. The molecule has 0 heterocycles. The second-order valence-electron chi connectivity index (χ2n) is 4.27. The summed E-state index contributed by atoms with van der Waals surface area (Å²) < 4.78 is 10.4. The first-order chi connectivity index (χ1) is 7.83. The molecule has 94 valence electrons. The molecule has 2 N–H and O–H groups in total. The molecule has 0 saturated heterocycles. The topological polar surface area (TPSA) is 76.0 Å². The van der Waals surface area contributed by atoms with Gasteiger partial charge in [0.25, 0.3) is 0 Å². The van der Waals surface area contributed by atoms with Crippen LogP contribution in [0.1, 0.15) is 24.2 Å². The fourth-order valence-corrected chi connectivity index (χ4v) is 1.17. The number of rotatable bonds is 5. The number of carboxylic acid groups (broad SMARTS) is 1. The minimum Gasteiger partial charge on any atom is -0.493 e. The van der Waals surface area contributed by atoms with Gasteiger partial charge in [0.05, 0.1) is 18.3 Å². The molecule has 0 spiro atoms. The van der Waals surface area contributed by atoms with Gasteiger partial charge in [0, 0.05) is 0 Å². The summed E-state index contributed by atoms with van der Waals surface area (Å²) >= 11 is 0. The summed E-state index contributed by atoms with van der Waals surface area (Å²) in [5.41, 5.74) is -0.839. The fourth-order valence-electron chi connectivity index (χ4n) is 1.17. The van der Waals surface area contributed by atoms with E-state index in [0.717, 1.165) is 0 Å². The molecule has 0 atom stereocenters. The second kappa shape index (κ2) is 5.05. The van der Waals surface area contributed by atoms with Crippen molar-refractivity contribution in [2.45, 2.75) is 19.4 Å². The molecule has 0 amide bonds. The third-order valence-electron chi connectivity index (χ3n) is 1.99. The van der Waals surface area contributed by atoms with Crippen LogP contribution in [0.3, 0.4) is 0 Å². The Morgan fingerprint density at radius 2 is 2.00 bits per heavy atom. The lowest BCUT2D eigenvalue weighted by atomic mass is 10.1. The van der Waals surface area contributed by atoms with E-state index in [1.807, 2.05) is 0 Å². The highest BCUT2D eigenvalue weighted by Crippen LogP contribution is 2.28. The van der Waals surface area contributed by atoms with Gasteiger partial charge in [-0.05, 0) is 32.0 Å². The lowest BCUT2D eigenvalue weighted by Gasteiger charge is -2.19. The van der Waals surface area contributed by atoms with Crippen LogP contribution in [-0.4, -0.2) is 35.5 Å². The van der Waals surface area contributed by atoms with Crippen molar-refractivity contribution in [1.82, 2.24) is 0 Å². The molecule has 0 saturated carbocycles. The Bertz CT molecular complexity index is 406. The van der Waals surface area contributed by atoms with E-state index >= 15 is 0 Å². The van der Waals surface area contributed by atoms with Crippen LogP contribution in [0.5, 0.6) is 11.5 Å². The maximum Gasteiger partial charge on any atom is 0.335 e. The molecule has 0 aliphatic heterocycles. The van der Waals surface area contributed by atoms with Crippen LogP contribution in [0.2, 0.25) is 0 Å². The quantitative estimate of drug-likeness (QED) is 0.816. The zero-order chi connectivity index (χ0) is 13.1. The average Bonchev–Trinajstić information content (AvgIpc) is 2.24. The molecular formula is C12H16O5. The first kappa shape index (κ1) is 13.3. The van der Waals surface area contributed by atoms with Gasteiger partial charge < -0.3 is 19.7 Å².